The molecule has 2 heterocycles. The van der Waals surface area contributed by atoms with Crippen molar-refractivity contribution in [2.75, 3.05) is 5.32 Å². The topological polar surface area (TPSA) is 68.8 Å². The summed E-state index contributed by atoms with van der Waals surface area (Å²) in [5.41, 5.74) is 0.950. The van der Waals surface area contributed by atoms with Crippen molar-refractivity contribution < 1.29 is 4.52 Å². The lowest BCUT2D eigenvalue weighted by Gasteiger charge is -2.07. The van der Waals surface area contributed by atoms with Crippen molar-refractivity contribution in [3.63, 3.8) is 0 Å². The van der Waals surface area contributed by atoms with E-state index in [1.165, 1.54) is 12.8 Å². The minimum atomic E-state index is -0.000741. The van der Waals surface area contributed by atoms with Gasteiger partial charge in [-0.25, -0.2) is 0 Å². The fourth-order valence-corrected chi connectivity index (χ4v) is 1.74. The normalized spacial score (nSPS) is 17.1. The summed E-state index contributed by atoms with van der Waals surface area (Å²) in [5.74, 6) is 2.01. The number of hydrogen-bond donors (Lipinski definition) is 1. The molecule has 2 aromatic rings. The fraction of sp³-hybridized carbons (Fsp3) is 0.545. The molecule has 0 bridgehead atoms. The summed E-state index contributed by atoms with van der Waals surface area (Å²) in [6, 6.07) is -0.000741. The summed E-state index contributed by atoms with van der Waals surface area (Å²) >= 11 is 0. The van der Waals surface area contributed by atoms with Crippen LogP contribution in [0, 0.1) is 0 Å². The van der Waals surface area contributed by atoms with E-state index in [-0.39, 0.29) is 6.04 Å². The van der Waals surface area contributed by atoms with E-state index in [1.807, 2.05) is 20.2 Å². The molecular formula is C11H15N5O. The molecule has 0 aromatic carbocycles. The monoisotopic (exact) mass is 233 g/mol. The van der Waals surface area contributed by atoms with Gasteiger partial charge in [-0.3, -0.25) is 4.68 Å². The lowest BCUT2D eigenvalue weighted by atomic mass is 10.3. The second kappa shape index (κ2) is 3.87. The minimum Gasteiger partial charge on any atom is -0.371 e. The van der Waals surface area contributed by atoms with Gasteiger partial charge in [0.1, 0.15) is 6.04 Å². The summed E-state index contributed by atoms with van der Waals surface area (Å²) in [5, 5.41) is 11.4. The number of nitrogens with one attached hydrogen (secondary N) is 1. The van der Waals surface area contributed by atoms with Crippen molar-refractivity contribution in [3.8, 4) is 0 Å². The van der Waals surface area contributed by atoms with Crippen LogP contribution in [0.15, 0.2) is 16.9 Å². The molecule has 2 aromatic heterocycles. The van der Waals surface area contributed by atoms with Gasteiger partial charge in [-0.05, 0) is 19.8 Å². The first-order valence-electron chi connectivity index (χ1n) is 5.81. The van der Waals surface area contributed by atoms with Gasteiger partial charge in [-0.2, -0.15) is 10.1 Å². The van der Waals surface area contributed by atoms with Gasteiger partial charge in [0, 0.05) is 19.2 Å². The average molecular weight is 233 g/mol. The number of hydrogen-bond acceptors (Lipinski definition) is 5. The van der Waals surface area contributed by atoms with Crippen molar-refractivity contribution in [1.82, 2.24) is 19.9 Å². The molecule has 17 heavy (non-hydrogen) atoms. The van der Waals surface area contributed by atoms with E-state index in [0.29, 0.717) is 11.8 Å². The highest BCUT2D eigenvalue weighted by Crippen LogP contribution is 2.38. The van der Waals surface area contributed by atoms with Crippen LogP contribution in [0.1, 0.15) is 43.4 Å². The molecule has 1 atom stereocenters. The Morgan fingerprint density at radius 1 is 1.53 bits per heavy atom. The maximum Gasteiger partial charge on any atom is 0.248 e. The molecule has 3 rings (SSSR count). The lowest BCUT2D eigenvalue weighted by Crippen LogP contribution is -2.06. The lowest BCUT2D eigenvalue weighted by molar-refractivity contribution is 0.363. The van der Waals surface area contributed by atoms with Gasteiger partial charge in [-0.15, -0.1) is 0 Å². The largest absolute Gasteiger partial charge is 0.371 e. The van der Waals surface area contributed by atoms with Crippen LogP contribution in [0.25, 0.3) is 0 Å². The molecule has 1 N–H and O–H groups in total. The predicted octanol–water partition coefficient (Wildman–Crippen LogP) is 1.85. The van der Waals surface area contributed by atoms with Gasteiger partial charge >= 0.3 is 0 Å². The maximum absolute atomic E-state index is 5.26. The Balaban J connectivity index is 1.69. The van der Waals surface area contributed by atoms with Gasteiger partial charge < -0.3 is 9.84 Å². The Bertz CT molecular complexity index is 513. The molecule has 1 aliphatic rings. The molecule has 0 aliphatic heterocycles. The molecule has 90 valence electrons. The molecule has 0 spiro atoms. The first-order valence-corrected chi connectivity index (χ1v) is 5.81. The van der Waals surface area contributed by atoms with Gasteiger partial charge in [0.05, 0.1) is 11.9 Å². The van der Waals surface area contributed by atoms with Crippen LogP contribution < -0.4 is 5.32 Å². The van der Waals surface area contributed by atoms with Crippen LogP contribution in [0.2, 0.25) is 0 Å². The predicted molar refractivity (Wildman–Crippen MR) is 61.5 cm³/mol. The highest BCUT2D eigenvalue weighted by atomic mass is 16.5. The van der Waals surface area contributed by atoms with Gasteiger partial charge in [0.25, 0.3) is 0 Å². The van der Waals surface area contributed by atoms with E-state index < -0.39 is 0 Å². The number of aryl methyl sites for hydroxylation is 1. The van der Waals surface area contributed by atoms with E-state index in [9.17, 15) is 0 Å². The highest BCUT2D eigenvalue weighted by Gasteiger charge is 2.29. The summed E-state index contributed by atoms with van der Waals surface area (Å²) in [6.45, 7) is 2.00. The van der Waals surface area contributed by atoms with Crippen molar-refractivity contribution in [2.45, 2.75) is 31.7 Å². The van der Waals surface area contributed by atoms with Crippen molar-refractivity contribution >= 4 is 5.69 Å². The third-order valence-electron chi connectivity index (χ3n) is 2.86. The maximum atomic E-state index is 5.26. The molecule has 1 fully saturated rings. The molecule has 0 amide bonds. The quantitative estimate of drug-likeness (QED) is 0.872. The minimum absolute atomic E-state index is 0.000741. The van der Waals surface area contributed by atoms with Crippen LogP contribution in [-0.2, 0) is 7.05 Å². The third-order valence-corrected chi connectivity index (χ3v) is 2.86. The van der Waals surface area contributed by atoms with E-state index in [1.54, 1.807) is 10.9 Å². The number of nitrogens with zero attached hydrogens (tertiary/aromatic N) is 4. The zero-order valence-corrected chi connectivity index (χ0v) is 9.92. The molecule has 0 radical (unpaired) electrons. The Morgan fingerprint density at radius 2 is 2.35 bits per heavy atom. The first kappa shape index (κ1) is 10.3. The van der Waals surface area contributed by atoms with Crippen molar-refractivity contribution in [3.05, 3.63) is 24.1 Å². The molecule has 6 nitrogen and oxygen atoms in total. The van der Waals surface area contributed by atoms with Crippen LogP contribution in [0.4, 0.5) is 5.69 Å². The smallest absolute Gasteiger partial charge is 0.248 e. The number of anilines is 1. The third kappa shape index (κ3) is 2.15. The van der Waals surface area contributed by atoms with Crippen molar-refractivity contribution in [2.24, 2.45) is 7.05 Å². The molecule has 0 unspecified atom stereocenters. The second-order valence-corrected chi connectivity index (χ2v) is 4.53. The van der Waals surface area contributed by atoms with Crippen LogP contribution >= 0.6 is 0 Å². The van der Waals surface area contributed by atoms with E-state index in [0.717, 1.165) is 11.5 Å². The number of rotatable bonds is 4. The van der Waals surface area contributed by atoms with E-state index >= 15 is 0 Å². The molecular weight excluding hydrogens is 218 g/mol. The summed E-state index contributed by atoms with van der Waals surface area (Å²) < 4.78 is 7.00. The Labute approximate surface area is 99.0 Å². The zero-order chi connectivity index (χ0) is 11.8. The Kier molecular flexibility index (Phi) is 2.35. The Hall–Kier alpha value is -1.85. The molecule has 1 saturated carbocycles. The van der Waals surface area contributed by atoms with Crippen LogP contribution in [0.3, 0.4) is 0 Å². The molecule has 6 heteroatoms. The first-order chi connectivity index (χ1) is 8.22. The molecule has 1 aliphatic carbocycles. The Morgan fingerprint density at radius 3 is 3.00 bits per heavy atom. The summed E-state index contributed by atoms with van der Waals surface area (Å²) in [4.78, 5) is 4.41. The van der Waals surface area contributed by atoms with Crippen LogP contribution in [0.5, 0.6) is 0 Å². The van der Waals surface area contributed by atoms with Gasteiger partial charge in [-0.1, -0.05) is 5.16 Å². The van der Waals surface area contributed by atoms with Crippen molar-refractivity contribution in [1.29, 1.82) is 0 Å². The second-order valence-electron chi connectivity index (χ2n) is 4.53. The number of aromatic nitrogens is 4. The van der Waals surface area contributed by atoms with E-state index in [2.05, 4.69) is 20.6 Å². The highest BCUT2D eigenvalue weighted by molar-refractivity contribution is 5.39. The zero-order valence-electron chi connectivity index (χ0n) is 9.92. The summed E-state index contributed by atoms with van der Waals surface area (Å²) in [7, 11) is 1.88. The van der Waals surface area contributed by atoms with E-state index in [4.69, 9.17) is 4.52 Å². The van der Waals surface area contributed by atoms with Crippen LogP contribution in [-0.4, -0.2) is 19.9 Å². The SMILES string of the molecule is C[C@@H](Nc1cnn(C)c1)c1nc(C2CC2)no1. The summed E-state index contributed by atoms with van der Waals surface area (Å²) in [6.07, 6.45) is 6.05. The molecule has 0 saturated heterocycles. The standard InChI is InChI=1S/C11H15N5O/c1-7(13-9-5-12-16(2)6-9)11-14-10(15-17-11)8-3-4-8/h5-8,13H,3-4H2,1-2H3/t7-/m1/s1. The van der Waals surface area contributed by atoms with Gasteiger partial charge in [0.15, 0.2) is 5.82 Å². The fourth-order valence-electron chi connectivity index (χ4n) is 1.74. The average Bonchev–Trinajstić information content (AvgIpc) is 2.88. The van der Waals surface area contributed by atoms with Gasteiger partial charge in [0.2, 0.25) is 5.89 Å².